The van der Waals surface area contributed by atoms with Gasteiger partial charge in [0.05, 0.1) is 6.20 Å². The van der Waals surface area contributed by atoms with Gasteiger partial charge in [-0.15, -0.1) is 0 Å². The largest absolute Gasteiger partial charge is 0.441 e. The second-order valence-electron chi connectivity index (χ2n) is 5.00. The van der Waals surface area contributed by atoms with E-state index in [0.717, 1.165) is 11.3 Å². The van der Waals surface area contributed by atoms with Crippen LogP contribution in [0.5, 0.6) is 0 Å². The van der Waals surface area contributed by atoms with Crippen molar-refractivity contribution >= 4 is 0 Å². The fourth-order valence-electron chi connectivity index (χ4n) is 1.70. The van der Waals surface area contributed by atoms with Crippen LogP contribution >= 0.6 is 0 Å². The molecule has 0 aliphatic rings. The van der Waals surface area contributed by atoms with Crippen LogP contribution in [0.2, 0.25) is 0 Å². The van der Waals surface area contributed by atoms with E-state index < -0.39 is 0 Å². The fraction of sp³-hybridized carbons (Fsp3) is 0.400. The summed E-state index contributed by atoms with van der Waals surface area (Å²) < 4.78 is 5.72. The molecule has 0 N–H and O–H groups in total. The first-order valence-corrected chi connectivity index (χ1v) is 6.14. The van der Waals surface area contributed by atoms with E-state index in [2.05, 4.69) is 56.9 Å². The molecule has 2 aromatic rings. The van der Waals surface area contributed by atoms with Gasteiger partial charge >= 0.3 is 0 Å². The minimum atomic E-state index is 0.381. The summed E-state index contributed by atoms with van der Waals surface area (Å²) >= 11 is 0. The molecule has 0 bridgehead atoms. The van der Waals surface area contributed by atoms with E-state index in [0.29, 0.717) is 17.7 Å². The Bertz CT molecular complexity index is 480. The van der Waals surface area contributed by atoms with Crippen molar-refractivity contribution in [2.24, 2.45) is 0 Å². The molecule has 0 aliphatic heterocycles. The lowest BCUT2D eigenvalue weighted by molar-refractivity contribution is 0.495. The van der Waals surface area contributed by atoms with E-state index in [1.807, 2.05) is 6.20 Å². The average molecular weight is 229 g/mol. The molecule has 2 heteroatoms. The average Bonchev–Trinajstić information content (AvgIpc) is 2.78. The van der Waals surface area contributed by atoms with Crippen LogP contribution in [0, 0.1) is 0 Å². The maximum Gasteiger partial charge on any atom is 0.226 e. The first-order chi connectivity index (χ1) is 8.08. The second kappa shape index (κ2) is 4.74. The summed E-state index contributed by atoms with van der Waals surface area (Å²) in [4.78, 5) is 4.32. The molecule has 0 saturated heterocycles. The van der Waals surface area contributed by atoms with E-state index in [1.54, 1.807) is 0 Å². The third-order valence-electron chi connectivity index (χ3n) is 2.92. The Balaban J connectivity index is 2.27. The van der Waals surface area contributed by atoms with Crippen molar-refractivity contribution in [1.82, 2.24) is 4.98 Å². The molecule has 1 heterocycles. The van der Waals surface area contributed by atoms with Gasteiger partial charge in [-0.2, -0.15) is 0 Å². The summed E-state index contributed by atoms with van der Waals surface area (Å²) in [6, 6.07) is 8.43. The molecule has 2 nitrogen and oxygen atoms in total. The van der Waals surface area contributed by atoms with E-state index >= 15 is 0 Å². The van der Waals surface area contributed by atoms with Gasteiger partial charge in [0.1, 0.15) is 5.76 Å². The number of hydrogen-bond donors (Lipinski definition) is 0. The summed E-state index contributed by atoms with van der Waals surface area (Å²) in [6.45, 7) is 8.59. The SMILES string of the molecule is CC(C)c1ccc(-c2ncc(C(C)C)o2)cc1. The predicted octanol–water partition coefficient (Wildman–Crippen LogP) is 4.59. The second-order valence-corrected chi connectivity index (χ2v) is 5.00. The first kappa shape index (κ1) is 11.9. The Labute approximate surface area is 103 Å². The Morgan fingerprint density at radius 3 is 2.06 bits per heavy atom. The highest BCUT2D eigenvalue weighted by Crippen LogP contribution is 2.24. The third-order valence-corrected chi connectivity index (χ3v) is 2.92. The van der Waals surface area contributed by atoms with Gasteiger partial charge in [0.2, 0.25) is 5.89 Å². The predicted molar refractivity (Wildman–Crippen MR) is 70.1 cm³/mol. The van der Waals surface area contributed by atoms with Gasteiger partial charge in [0.25, 0.3) is 0 Å². The van der Waals surface area contributed by atoms with Crippen LogP contribution in [0.1, 0.15) is 50.9 Å². The lowest BCUT2D eigenvalue weighted by atomic mass is 10.0. The van der Waals surface area contributed by atoms with Crippen LogP contribution in [0.3, 0.4) is 0 Å². The lowest BCUT2D eigenvalue weighted by Gasteiger charge is -2.05. The molecule has 1 aromatic heterocycles. The maximum atomic E-state index is 5.72. The minimum absolute atomic E-state index is 0.381. The molecule has 0 fully saturated rings. The molecule has 1 aromatic carbocycles. The van der Waals surface area contributed by atoms with Crippen LogP contribution < -0.4 is 0 Å². The van der Waals surface area contributed by atoms with Gasteiger partial charge in [0.15, 0.2) is 0 Å². The van der Waals surface area contributed by atoms with Gasteiger partial charge in [-0.3, -0.25) is 0 Å². The third kappa shape index (κ3) is 2.57. The van der Waals surface area contributed by atoms with Gasteiger partial charge in [-0.05, 0) is 23.6 Å². The lowest BCUT2D eigenvalue weighted by Crippen LogP contribution is -1.86. The molecule has 0 radical (unpaired) electrons. The molecule has 0 unspecified atom stereocenters. The van der Waals surface area contributed by atoms with Crippen molar-refractivity contribution < 1.29 is 4.42 Å². The molecular formula is C15H19NO. The van der Waals surface area contributed by atoms with Gasteiger partial charge in [-0.25, -0.2) is 4.98 Å². The Hall–Kier alpha value is -1.57. The van der Waals surface area contributed by atoms with Crippen molar-refractivity contribution in [2.75, 3.05) is 0 Å². The monoisotopic (exact) mass is 229 g/mol. The van der Waals surface area contributed by atoms with Crippen LogP contribution in [0.25, 0.3) is 11.5 Å². The smallest absolute Gasteiger partial charge is 0.226 e. The first-order valence-electron chi connectivity index (χ1n) is 6.14. The standard InChI is InChI=1S/C15H19NO/c1-10(2)12-5-7-13(8-6-12)15-16-9-14(17-15)11(3)4/h5-11H,1-4H3. The number of nitrogens with zero attached hydrogens (tertiary/aromatic N) is 1. The highest BCUT2D eigenvalue weighted by Gasteiger charge is 2.09. The number of oxazole rings is 1. The molecule has 0 aliphatic carbocycles. The van der Waals surface area contributed by atoms with E-state index in [1.165, 1.54) is 5.56 Å². The summed E-state index contributed by atoms with van der Waals surface area (Å²) in [7, 11) is 0. The fourth-order valence-corrected chi connectivity index (χ4v) is 1.70. The molecule has 2 rings (SSSR count). The summed E-state index contributed by atoms with van der Waals surface area (Å²) in [5.74, 6) is 2.59. The topological polar surface area (TPSA) is 26.0 Å². The van der Waals surface area contributed by atoms with Crippen LogP contribution in [-0.2, 0) is 0 Å². The van der Waals surface area contributed by atoms with Crippen molar-refractivity contribution in [2.45, 2.75) is 39.5 Å². The summed E-state index contributed by atoms with van der Waals surface area (Å²) in [5.41, 5.74) is 2.38. The van der Waals surface area contributed by atoms with Crippen molar-refractivity contribution in [1.29, 1.82) is 0 Å². The normalized spacial score (nSPS) is 11.4. The summed E-state index contributed by atoms with van der Waals surface area (Å²) in [5, 5.41) is 0. The zero-order valence-corrected chi connectivity index (χ0v) is 10.9. The highest BCUT2D eigenvalue weighted by atomic mass is 16.4. The van der Waals surface area contributed by atoms with E-state index in [-0.39, 0.29) is 0 Å². The Morgan fingerprint density at radius 2 is 1.59 bits per heavy atom. The van der Waals surface area contributed by atoms with Crippen molar-refractivity contribution in [3.8, 4) is 11.5 Å². The summed E-state index contributed by atoms with van der Waals surface area (Å²) in [6.07, 6.45) is 1.82. The Kier molecular flexibility index (Phi) is 3.32. The van der Waals surface area contributed by atoms with Crippen LogP contribution in [0.4, 0.5) is 0 Å². The Morgan fingerprint density at radius 1 is 0.941 bits per heavy atom. The molecule has 90 valence electrons. The van der Waals surface area contributed by atoms with Gasteiger partial charge in [0, 0.05) is 11.5 Å². The van der Waals surface area contributed by atoms with E-state index in [4.69, 9.17) is 4.42 Å². The molecule has 0 saturated carbocycles. The van der Waals surface area contributed by atoms with Gasteiger partial charge in [-0.1, -0.05) is 39.8 Å². The van der Waals surface area contributed by atoms with Gasteiger partial charge < -0.3 is 4.42 Å². The van der Waals surface area contributed by atoms with Crippen molar-refractivity contribution in [3.05, 3.63) is 41.8 Å². The molecule has 0 spiro atoms. The highest BCUT2D eigenvalue weighted by molar-refractivity contribution is 5.53. The van der Waals surface area contributed by atoms with Crippen molar-refractivity contribution in [3.63, 3.8) is 0 Å². The number of aromatic nitrogens is 1. The minimum Gasteiger partial charge on any atom is -0.441 e. The quantitative estimate of drug-likeness (QED) is 0.769. The van der Waals surface area contributed by atoms with Crippen LogP contribution in [0.15, 0.2) is 34.9 Å². The molecule has 0 amide bonds. The molecule has 17 heavy (non-hydrogen) atoms. The zero-order chi connectivity index (χ0) is 12.4. The molecule has 0 atom stereocenters. The van der Waals surface area contributed by atoms with Crippen LogP contribution in [-0.4, -0.2) is 4.98 Å². The number of hydrogen-bond acceptors (Lipinski definition) is 2. The van der Waals surface area contributed by atoms with E-state index in [9.17, 15) is 0 Å². The zero-order valence-electron chi connectivity index (χ0n) is 10.9. The molecular weight excluding hydrogens is 210 g/mol. The maximum absolute atomic E-state index is 5.72. The number of rotatable bonds is 3. The number of benzene rings is 1.